The summed E-state index contributed by atoms with van der Waals surface area (Å²) >= 11 is 0. The Morgan fingerprint density at radius 1 is 1.19 bits per heavy atom. The van der Waals surface area contributed by atoms with Gasteiger partial charge < -0.3 is 19.9 Å². The van der Waals surface area contributed by atoms with Gasteiger partial charge in [0.1, 0.15) is 16.9 Å². The maximum atomic E-state index is 14.1. The number of piperidine rings is 1. The molecule has 1 saturated carbocycles. The van der Waals surface area contributed by atoms with Crippen LogP contribution in [-0.4, -0.2) is 70.1 Å². The first kappa shape index (κ1) is 22.7. The molecule has 1 aliphatic carbocycles. The molecule has 0 aromatic heterocycles. The third-order valence-electron chi connectivity index (χ3n) is 10.8. The molecule has 3 fully saturated rings. The summed E-state index contributed by atoms with van der Waals surface area (Å²) in [6.07, 6.45) is 2.16. The summed E-state index contributed by atoms with van der Waals surface area (Å²) < 4.78 is 12.0. The van der Waals surface area contributed by atoms with Crippen molar-refractivity contribution in [3.63, 3.8) is 0 Å². The van der Waals surface area contributed by atoms with Crippen LogP contribution in [-0.2, 0) is 14.9 Å². The van der Waals surface area contributed by atoms with Gasteiger partial charge in [-0.15, -0.1) is 0 Å². The van der Waals surface area contributed by atoms with E-state index in [2.05, 4.69) is 24.1 Å². The van der Waals surface area contributed by atoms with E-state index < -0.39 is 33.1 Å². The minimum absolute atomic E-state index is 0.00182. The number of fused-ring (bicyclic) bond motifs is 4. The number of rotatable bonds is 0. The molecule has 8 nitrogen and oxygen atoms in total. The van der Waals surface area contributed by atoms with Crippen molar-refractivity contribution in [2.45, 2.75) is 88.0 Å². The third kappa shape index (κ3) is 2.21. The molecule has 1 unspecified atom stereocenters. The second kappa shape index (κ2) is 6.16. The van der Waals surface area contributed by atoms with Crippen molar-refractivity contribution in [3.8, 4) is 5.75 Å². The number of anilines is 1. The van der Waals surface area contributed by atoms with Crippen molar-refractivity contribution in [2.24, 2.45) is 16.3 Å². The molecule has 1 amide bonds. The number of aliphatic hydroxyl groups is 1. The van der Waals surface area contributed by atoms with Crippen LogP contribution in [0, 0.1) is 11.3 Å². The van der Waals surface area contributed by atoms with Crippen molar-refractivity contribution in [1.82, 2.24) is 4.90 Å². The van der Waals surface area contributed by atoms with Crippen LogP contribution in [0.15, 0.2) is 17.1 Å². The molecule has 2 bridgehead atoms. The maximum absolute atomic E-state index is 14.1. The lowest BCUT2D eigenvalue weighted by molar-refractivity contribution is -0.125. The summed E-state index contributed by atoms with van der Waals surface area (Å²) in [5.41, 5.74) is -2.08. The van der Waals surface area contributed by atoms with Gasteiger partial charge in [-0.3, -0.25) is 14.5 Å². The fourth-order valence-electron chi connectivity index (χ4n) is 9.18. The second-order valence-electron chi connectivity index (χ2n) is 13.4. The number of carbonyl (C=O) groups is 2. The Bertz CT molecular complexity index is 1300. The molecule has 5 atom stereocenters. The van der Waals surface area contributed by atoms with E-state index in [-0.39, 0.29) is 24.0 Å². The quantitative estimate of drug-likeness (QED) is 0.576. The molecule has 6 heterocycles. The lowest BCUT2D eigenvalue weighted by Gasteiger charge is -2.60. The van der Waals surface area contributed by atoms with Gasteiger partial charge in [0.15, 0.2) is 5.78 Å². The molecule has 2 saturated heterocycles. The van der Waals surface area contributed by atoms with Crippen molar-refractivity contribution in [2.75, 3.05) is 25.5 Å². The van der Waals surface area contributed by atoms with Crippen LogP contribution in [0.2, 0.25) is 0 Å². The number of aliphatic imine (C=N–C) groups is 1. The van der Waals surface area contributed by atoms with E-state index in [9.17, 15) is 14.7 Å². The average molecular weight is 494 g/mol. The third-order valence-corrected chi connectivity index (χ3v) is 10.8. The predicted molar refractivity (Wildman–Crippen MR) is 134 cm³/mol. The Labute approximate surface area is 211 Å². The minimum atomic E-state index is -0.967. The van der Waals surface area contributed by atoms with Crippen molar-refractivity contribution >= 4 is 23.3 Å². The number of nitrogens with one attached hydrogen (secondary N) is 1. The van der Waals surface area contributed by atoms with E-state index in [0.717, 1.165) is 12.1 Å². The molecule has 36 heavy (non-hydrogen) atoms. The zero-order chi connectivity index (χ0) is 25.7. The first-order valence-corrected chi connectivity index (χ1v) is 13.1. The number of benzene rings is 1. The van der Waals surface area contributed by atoms with Gasteiger partial charge in [-0.2, -0.15) is 0 Å². The summed E-state index contributed by atoms with van der Waals surface area (Å²) in [5, 5.41) is 14.7. The van der Waals surface area contributed by atoms with E-state index in [4.69, 9.17) is 14.5 Å². The first-order chi connectivity index (χ1) is 16.7. The largest absolute Gasteiger partial charge is 0.487 e. The van der Waals surface area contributed by atoms with Crippen LogP contribution >= 0.6 is 0 Å². The van der Waals surface area contributed by atoms with E-state index in [1.807, 2.05) is 32.9 Å². The van der Waals surface area contributed by atoms with E-state index in [0.29, 0.717) is 48.7 Å². The van der Waals surface area contributed by atoms with Gasteiger partial charge in [-0.05, 0) is 63.0 Å². The van der Waals surface area contributed by atoms with Crippen molar-refractivity contribution in [1.29, 1.82) is 0 Å². The highest BCUT2D eigenvalue weighted by atomic mass is 16.5. The van der Waals surface area contributed by atoms with Crippen LogP contribution in [0.25, 0.3) is 0 Å². The number of hydrogen-bond acceptors (Lipinski definition) is 7. The van der Waals surface area contributed by atoms with Crippen molar-refractivity contribution < 1.29 is 24.2 Å². The zero-order valence-corrected chi connectivity index (χ0v) is 21.9. The van der Waals surface area contributed by atoms with Crippen LogP contribution in [0.3, 0.4) is 0 Å². The summed E-state index contributed by atoms with van der Waals surface area (Å²) in [6, 6.07) is 3.85. The number of nitrogens with zero attached hydrogens (tertiary/aromatic N) is 2. The van der Waals surface area contributed by atoms with Gasteiger partial charge in [-0.1, -0.05) is 19.9 Å². The van der Waals surface area contributed by atoms with Gasteiger partial charge >= 0.3 is 0 Å². The Morgan fingerprint density at radius 2 is 1.94 bits per heavy atom. The molecule has 1 aromatic carbocycles. The van der Waals surface area contributed by atoms with Gasteiger partial charge in [0, 0.05) is 13.1 Å². The molecular weight excluding hydrogens is 458 g/mol. The molecule has 0 radical (unpaired) electrons. The van der Waals surface area contributed by atoms with Gasteiger partial charge in [0.05, 0.1) is 41.3 Å². The second-order valence-corrected chi connectivity index (χ2v) is 13.4. The SMILES string of the molecule is COC1=NC23CN4CC[C@@](C)(O)[C@]14C[C@H]2C(C)(C)[C@@]1(C3)C(=O)Nc2c1ccc1c2C(=O)CC(C)(C)O1. The number of hydrogen-bond donors (Lipinski definition) is 2. The molecule has 3 spiro atoms. The number of amides is 1. The highest BCUT2D eigenvalue weighted by Gasteiger charge is 2.79. The fourth-order valence-corrected chi connectivity index (χ4v) is 9.18. The van der Waals surface area contributed by atoms with Gasteiger partial charge in [0.25, 0.3) is 0 Å². The lowest BCUT2D eigenvalue weighted by Crippen LogP contribution is -2.74. The van der Waals surface area contributed by atoms with Crippen molar-refractivity contribution in [3.05, 3.63) is 23.3 Å². The van der Waals surface area contributed by atoms with Crippen LogP contribution in [0.5, 0.6) is 5.75 Å². The topological polar surface area (TPSA) is 100 Å². The normalized spacial score (nSPS) is 42.9. The highest BCUT2D eigenvalue weighted by Crippen LogP contribution is 2.72. The smallest absolute Gasteiger partial charge is 0.235 e. The average Bonchev–Trinajstić information content (AvgIpc) is 3.30. The molecule has 8 rings (SSSR count). The Morgan fingerprint density at radius 3 is 2.67 bits per heavy atom. The molecule has 1 aromatic rings. The van der Waals surface area contributed by atoms with Gasteiger partial charge in [-0.25, -0.2) is 4.99 Å². The number of Topliss-reactive ketones (excluding diaryl/α,β-unsaturated/α-hetero) is 1. The lowest BCUT2D eigenvalue weighted by atomic mass is 9.56. The summed E-state index contributed by atoms with van der Waals surface area (Å²) in [7, 11) is 1.64. The molecule has 2 N–H and O–H groups in total. The zero-order valence-electron chi connectivity index (χ0n) is 21.9. The standard InChI is InChI=1S/C28H35N3O5/c1-23(2)11-16(32)19-17(36-23)8-7-15-20(19)29-21(33)27(15)13-26-14-31-10-9-25(5,34)28(31,22(30-26)35-6)12-18(26)24(27,3)4/h7-8,18,34H,9-14H2,1-6H3,(H,29,33)/t18-,25+,26?,27+,28-/m0/s1. The van der Waals surface area contributed by atoms with Crippen LogP contribution in [0.1, 0.15) is 76.2 Å². The molecule has 6 aliphatic heterocycles. The highest BCUT2D eigenvalue weighted by molar-refractivity contribution is 6.15. The number of carbonyl (C=O) groups excluding carboxylic acids is 2. The predicted octanol–water partition coefficient (Wildman–Crippen LogP) is 3.06. The molecule has 7 aliphatic rings. The molecular formula is C28H35N3O5. The fraction of sp³-hybridized carbons (Fsp3) is 0.679. The molecule has 192 valence electrons. The van der Waals surface area contributed by atoms with E-state index >= 15 is 0 Å². The summed E-state index contributed by atoms with van der Waals surface area (Å²) in [4.78, 5) is 35.0. The summed E-state index contributed by atoms with van der Waals surface area (Å²) in [6.45, 7) is 11.5. The number of ketones is 1. The number of methoxy groups -OCH3 is 1. The monoisotopic (exact) mass is 493 g/mol. The first-order valence-electron chi connectivity index (χ1n) is 13.1. The van der Waals surface area contributed by atoms with Gasteiger partial charge in [0.2, 0.25) is 11.8 Å². The Hall–Kier alpha value is -2.45. The number of ether oxygens (including phenoxy) is 2. The Balaban J connectivity index is 1.42. The minimum Gasteiger partial charge on any atom is -0.487 e. The summed E-state index contributed by atoms with van der Waals surface area (Å²) in [5.74, 6) is 1.12. The van der Waals surface area contributed by atoms with E-state index in [1.54, 1.807) is 7.11 Å². The van der Waals surface area contributed by atoms with Crippen LogP contribution in [0.4, 0.5) is 5.69 Å². The molecule has 8 heteroatoms. The van der Waals surface area contributed by atoms with E-state index in [1.165, 1.54) is 0 Å². The Kier molecular flexibility index (Phi) is 3.89. The van der Waals surface area contributed by atoms with Crippen LogP contribution < -0.4 is 10.1 Å². The maximum Gasteiger partial charge on any atom is 0.235 e.